The van der Waals surface area contributed by atoms with Crippen molar-refractivity contribution in [2.45, 2.75) is 39.2 Å². The van der Waals surface area contributed by atoms with Gasteiger partial charge in [-0.2, -0.15) is 0 Å². The van der Waals surface area contributed by atoms with Crippen LogP contribution in [-0.4, -0.2) is 23.5 Å². The van der Waals surface area contributed by atoms with Crippen molar-refractivity contribution < 1.29 is 4.79 Å². The molecule has 0 saturated heterocycles. The van der Waals surface area contributed by atoms with Gasteiger partial charge in [-0.1, -0.05) is 13.3 Å². The average Bonchev–Trinajstić information content (AvgIpc) is 3.09. The number of pyridine rings is 1. The highest BCUT2D eigenvalue weighted by Crippen LogP contribution is 2.34. The summed E-state index contributed by atoms with van der Waals surface area (Å²) in [6, 6.07) is 4.04. The zero-order valence-corrected chi connectivity index (χ0v) is 11.1. The molecule has 1 fully saturated rings. The van der Waals surface area contributed by atoms with Gasteiger partial charge in [-0.05, 0) is 37.8 Å². The smallest absolute Gasteiger partial charge is 0.253 e. The van der Waals surface area contributed by atoms with Crippen LogP contribution in [0.4, 0.5) is 5.82 Å². The van der Waals surface area contributed by atoms with E-state index in [-0.39, 0.29) is 5.91 Å². The first kappa shape index (κ1) is 12.9. The van der Waals surface area contributed by atoms with Crippen LogP contribution < -0.4 is 10.6 Å². The molecule has 1 aromatic heterocycles. The Morgan fingerprint density at radius 3 is 2.89 bits per heavy atom. The monoisotopic (exact) mass is 247 g/mol. The summed E-state index contributed by atoms with van der Waals surface area (Å²) < 4.78 is 0. The van der Waals surface area contributed by atoms with Crippen LogP contribution in [0.5, 0.6) is 0 Å². The standard InChI is InChI=1S/C14H21N3O/c1-3-5-10-8-12(10)17-14(18)11-6-7-13(15-4-2)16-9-11/h6-7,9-10,12H,3-5,8H2,1-2H3,(H,15,16)(H,17,18). The van der Waals surface area contributed by atoms with E-state index in [4.69, 9.17) is 0 Å². The Bertz CT molecular complexity index is 402. The van der Waals surface area contributed by atoms with Gasteiger partial charge in [0.25, 0.3) is 5.91 Å². The Balaban J connectivity index is 1.85. The summed E-state index contributed by atoms with van der Waals surface area (Å²) in [7, 11) is 0. The maximum Gasteiger partial charge on any atom is 0.253 e. The number of carbonyl (C=O) groups is 1. The average molecular weight is 247 g/mol. The highest BCUT2D eigenvalue weighted by molar-refractivity contribution is 5.94. The molecule has 1 aromatic rings. The van der Waals surface area contributed by atoms with Gasteiger partial charge in [0.2, 0.25) is 0 Å². The highest BCUT2D eigenvalue weighted by Gasteiger charge is 2.37. The molecule has 4 nitrogen and oxygen atoms in total. The van der Waals surface area contributed by atoms with Crippen LogP contribution in [0.1, 0.15) is 43.5 Å². The molecule has 0 aliphatic heterocycles. The van der Waals surface area contributed by atoms with Gasteiger partial charge in [0, 0.05) is 18.8 Å². The minimum absolute atomic E-state index is 0.00542. The summed E-state index contributed by atoms with van der Waals surface area (Å²) in [4.78, 5) is 16.1. The van der Waals surface area contributed by atoms with Crippen molar-refractivity contribution >= 4 is 11.7 Å². The minimum atomic E-state index is -0.00542. The number of hydrogen-bond acceptors (Lipinski definition) is 3. The molecule has 0 spiro atoms. The number of nitrogens with zero attached hydrogens (tertiary/aromatic N) is 1. The molecule has 2 atom stereocenters. The molecule has 98 valence electrons. The number of hydrogen-bond donors (Lipinski definition) is 2. The van der Waals surface area contributed by atoms with Gasteiger partial charge in [0.15, 0.2) is 0 Å². The molecule has 4 heteroatoms. The third-order valence-corrected chi connectivity index (χ3v) is 3.28. The van der Waals surface area contributed by atoms with Gasteiger partial charge in [-0.25, -0.2) is 4.98 Å². The Kier molecular flexibility index (Phi) is 4.18. The van der Waals surface area contributed by atoms with E-state index in [0.717, 1.165) is 18.8 Å². The molecule has 2 unspecified atom stereocenters. The van der Waals surface area contributed by atoms with Crippen molar-refractivity contribution in [2.24, 2.45) is 5.92 Å². The maximum atomic E-state index is 11.9. The molecule has 1 aliphatic rings. The maximum absolute atomic E-state index is 11.9. The molecule has 2 rings (SSSR count). The fourth-order valence-corrected chi connectivity index (χ4v) is 2.18. The SMILES string of the molecule is CCCC1CC1NC(=O)c1ccc(NCC)nc1. The number of carbonyl (C=O) groups excluding carboxylic acids is 1. The molecule has 18 heavy (non-hydrogen) atoms. The summed E-state index contributed by atoms with van der Waals surface area (Å²) in [5.41, 5.74) is 0.638. The van der Waals surface area contributed by atoms with E-state index >= 15 is 0 Å². The summed E-state index contributed by atoms with van der Waals surface area (Å²) >= 11 is 0. The first-order chi connectivity index (χ1) is 8.74. The second-order valence-electron chi connectivity index (χ2n) is 4.83. The zero-order chi connectivity index (χ0) is 13.0. The summed E-state index contributed by atoms with van der Waals surface area (Å²) in [5.74, 6) is 1.49. The van der Waals surface area contributed by atoms with Crippen LogP contribution in [0.25, 0.3) is 0 Å². The summed E-state index contributed by atoms with van der Waals surface area (Å²) in [6.45, 7) is 5.03. The molecule has 2 N–H and O–H groups in total. The topological polar surface area (TPSA) is 54.0 Å². The predicted molar refractivity (Wildman–Crippen MR) is 72.7 cm³/mol. The van der Waals surface area contributed by atoms with Gasteiger partial charge in [-0.15, -0.1) is 0 Å². The largest absolute Gasteiger partial charge is 0.370 e. The van der Waals surface area contributed by atoms with Crippen LogP contribution in [0.2, 0.25) is 0 Å². The first-order valence-electron chi connectivity index (χ1n) is 6.75. The fraction of sp³-hybridized carbons (Fsp3) is 0.571. The molecule has 1 aliphatic carbocycles. The van der Waals surface area contributed by atoms with Crippen LogP contribution in [0, 0.1) is 5.92 Å². The van der Waals surface area contributed by atoms with E-state index in [1.54, 1.807) is 6.20 Å². The van der Waals surface area contributed by atoms with E-state index in [1.807, 2.05) is 19.1 Å². The summed E-state index contributed by atoms with van der Waals surface area (Å²) in [5, 5.41) is 6.16. The van der Waals surface area contributed by atoms with Gasteiger partial charge in [-0.3, -0.25) is 4.79 Å². The number of anilines is 1. The Morgan fingerprint density at radius 1 is 1.44 bits per heavy atom. The first-order valence-corrected chi connectivity index (χ1v) is 6.75. The quantitative estimate of drug-likeness (QED) is 0.811. The van der Waals surface area contributed by atoms with E-state index in [9.17, 15) is 4.79 Å². The second kappa shape index (κ2) is 5.85. The van der Waals surface area contributed by atoms with E-state index < -0.39 is 0 Å². The van der Waals surface area contributed by atoms with E-state index in [1.165, 1.54) is 12.8 Å². The Hall–Kier alpha value is -1.58. The second-order valence-corrected chi connectivity index (χ2v) is 4.83. The molecular formula is C14H21N3O. The van der Waals surface area contributed by atoms with Crippen LogP contribution in [-0.2, 0) is 0 Å². The minimum Gasteiger partial charge on any atom is -0.370 e. The predicted octanol–water partition coefficient (Wildman–Crippen LogP) is 2.43. The van der Waals surface area contributed by atoms with Gasteiger partial charge < -0.3 is 10.6 Å². The van der Waals surface area contributed by atoms with Crippen LogP contribution in [0.15, 0.2) is 18.3 Å². The lowest BCUT2D eigenvalue weighted by atomic mass is 10.2. The lowest BCUT2D eigenvalue weighted by molar-refractivity contribution is 0.0948. The molecule has 0 aromatic carbocycles. The highest BCUT2D eigenvalue weighted by atomic mass is 16.1. The van der Waals surface area contributed by atoms with Crippen molar-refractivity contribution in [3.05, 3.63) is 23.9 Å². The van der Waals surface area contributed by atoms with Crippen molar-refractivity contribution in [3.63, 3.8) is 0 Å². The van der Waals surface area contributed by atoms with Gasteiger partial charge in [0.1, 0.15) is 5.82 Å². The number of rotatable bonds is 6. The van der Waals surface area contributed by atoms with Gasteiger partial charge in [0.05, 0.1) is 5.56 Å². The number of amides is 1. The third kappa shape index (κ3) is 3.22. The molecule has 1 saturated carbocycles. The fourth-order valence-electron chi connectivity index (χ4n) is 2.18. The molecule has 0 radical (unpaired) electrons. The van der Waals surface area contributed by atoms with E-state index in [0.29, 0.717) is 17.5 Å². The lowest BCUT2D eigenvalue weighted by Crippen LogP contribution is -2.26. The Morgan fingerprint density at radius 2 is 2.28 bits per heavy atom. The number of nitrogens with one attached hydrogen (secondary N) is 2. The molecule has 1 heterocycles. The molecule has 1 amide bonds. The van der Waals surface area contributed by atoms with Crippen molar-refractivity contribution in [1.29, 1.82) is 0 Å². The van der Waals surface area contributed by atoms with Crippen molar-refractivity contribution in [2.75, 3.05) is 11.9 Å². The van der Waals surface area contributed by atoms with Crippen molar-refractivity contribution in [3.8, 4) is 0 Å². The molecular weight excluding hydrogens is 226 g/mol. The van der Waals surface area contributed by atoms with E-state index in [2.05, 4.69) is 22.5 Å². The van der Waals surface area contributed by atoms with Crippen LogP contribution in [0.3, 0.4) is 0 Å². The van der Waals surface area contributed by atoms with Crippen molar-refractivity contribution in [1.82, 2.24) is 10.3 Å². The third-order valence-electron chi connectivity index (χ3n) is 3.28. The normalized spacial score (nSPS) is 21.4. The lowest BCUT2D eigenvalue weighted by Gasteiger charge is -2.06. The number of aromatic nitrogens is 1. The van der Waals surface area contributed by atoms with Crippen LogP contribution >= 0.6 is 0 Å². The van der Waals surface area contributed by atoms with Gasteiger partial charge >= 0.3 is 0 Å². The summed E-state index contributed by atoms with van der Waals surface area (Å²) in [6.07, 6.45) is 5.16. The Labute approximate surface area is 108 Å². The zero-order valence-electron chi connectivity index (χ0n) is 11.1. The molecule has 0 bridgehead atoms.